The number of aromatic nitrogens is 2. The molecule has 31 heavy (non-hydrogen) atoms. The fourth-order valence-electron chi connectivity index (χ4n) is 3.38. The Morgan fingerprint density at radius 3 is 2.55 bits per heavy atom. The molecule has 0 radical (unpaired) electrons. The Balaban J connectivity index is 1.42. The Labute approximate surface area is 181 Å². The fourth-order valence-corrected chi connectivity index (χ4v) is 3.38. The molecule has 1 aromatic heterocycles. The van der Waals surface area contributed by atoms with Gasteiger partial charge >= 0.3 is 0 Å². The maximum Gasteiger partial charge on any atom is 0.263 e. The van der Waals surface area contributed by atoms with E-state index < -0.39 is 6.10 Å². The fraction of sp³-hybridized carbons (Fsp3) is 0.240. The minimum atomic E-state index is -0.592. The Morgan fingerprint density at radius 1 is 1.06 bits per heavy atom. The van der Waals surface area contributed by atoms with Gasteiger partial charge in [0.05, 0.1) is 6.54 Å². The number of fused-ring (bicyclic) bond motifs is 1. The second kappa shape index (κ2) is 9.00. The van der Waals surface area contributed by atoms with Gasteiger partial charge in [-0.25, -0.2) is 0 Å². The summed E-state index contributed by atoms with van der Waals surface area (Å²) in [5.41, 5.74) is 2.04. The molecule has 1 heterocycles. The Hall–Kier alpha value is -3.67. The summed E-state index contributed by atoms with van der Waals surface area (Å²) in [6, 6.07) is 21.8. The van der Waals surface area contributed by atoms with E-state index in [9.17, 15) is 4.79 Å². The van der Waals surface area contributed by atoms with E-state index in [4.69, 9.17) is 9.26 Å². The van der Waals surface area contributed by atoms with Crippen molar-refractivity contribution in [1.82, 2.24) is 15.0 Å². The zero-order valence-electron chi connectivity index (χ0n) is 17.9. The highest BCUT2D eigenvalue weighted by Gasteiger charge is 2.24. The van der Waals surface area contributed by atoms with Crippen LogP contribution in [0.5, 0.6) is 5.75 Å². The molecule has 4 rings (SSSR count). The summed E-state index contributed by atoms with van der Waals surface area (Å²) in [4.78, 5) is 19.0. The molecule has 4 aromatic rings. The number of ether oxygens (including phenoxy) is 1. The summed E-state index contributed by atoms with van der Waals surface area (Å²) >= 11 is 0. The highest BCUT2D eigenvalue weighted by Crippen LogP contribution is 2.23. The Morgan fingerprint density at radius 2 is 1.81 bits per heavy atom. The Kier molecular flexibility index (Phi) is 5.98. The van der Waals surface area contributed by atoms with Gasteiger partial charge < -0.3 is 14.2 Å². The largest absolute Gasteiger partial charge is 0.481 e. The van der Waals surface area contributed by atoms with Crippen molar-refractivity contribution in [2.45, 2.75) is 32.9 Å². The lowest BCUT2D eigenvalue weighted by molar-refractivity contribution is -0.138. The average molecular weight is 415 g/mol. The molecule has 0 aliphatic heterocycles. The minimum absolute atomic E-state index is 0.134. The summed E-state index contributed by atoms with van der Waals surface area (Å²) in [6.07, 6.45) is -0.0419. The van der Waals surface area contributed by atoms with Crippen LogP contribution < -0.4 is 4.74 Å². The first-order valence-corrected chi connectivity index (χ1v) is 10.3. The molecule has 0 N–H and O–H groups in total. The smallest absolute Gasteiger partial charge is 0.263 e. The molecular formula is C25H25N3O3. The summed E-state index contributed by atoms with van der Waals surface area (Å²) in [6.45, 7) is 4.17. The van der Waals surface area contributed by atoms with Crippen LogP contribution >= 0.6 is 0 Å². The summed E-state index contributed by atoms with van der Waals surface area (Å²) in [5, 5.41) is 6.24. The second-order valence-electron chi connectivity index (χ2n) is 7.60. The molecular weight excluding hydrogens is 390 g/mol. The van der Waals surface area contributed by atoms with E-state index in [1.165, 1.54) is 0 Å². The van der Waals surface area contributed by atoms with Crippen LogP contribution in [0, 0.1) is 6.92 Å². The van der Waals surface area contributed by atoms with Gasteiger partial charge in [0.15, 0.2) is 6.10 Å². The van der Waals surface area contributed by atoms with Crippen LogP contribution in [0.15, 0.2) is 71.3 Å². The third-order valence-corrected chi connectivity index (χ3v) is 5.17. The van der Waals surface area contributed by atoms with Gasteiger partial charge in [-0.05, 0) is 36.2 Å². The van der Waals surface area contributed by atoms with E-state index in [0.29, 0.717) is 23.9 Å². The third-order valence-electron chi connectivity index (χ3n) is 5.17. The third kappa shape index (κ3) is 4.74. The van der Waals surface area contributed by atoms with Gasteiger partial charge in [0.25, 0.3) is 5.91 Å². The number of nitrogens with zero attached hydrogens (tertiary/aromatic N) is 3. The van der Waals surface area contributed by atoms with Crippen LogP contribution in [-0.4, -0.2) is 34.1 Å². The number of amides is 1. The van der Waals surface area contributed by atoms with Gasteiger partial charge in [0.2, 0.25) is 11.7 Å². The van der Waals surface area contributed by atoms with Gasteiger partial charge in [0, 0.05) is 12.6 Å². The van der Waals surface area contributed by atoms with Crippen molar-refractivity contribution in [3.8, 4) is 17.1 Å². The molecule has 0 spiro atoms. The molecule has 0 saturated carbocycles. The standard InChI is InChI=1S/C25H25N3O3/c1-4-22(30-21-14-13-18-7-5-6-8-20(18)15-21)25(29)28(3)16-23-26-24(27-31-23)19-11-9-17(2)10-12-19/h5-15,22H,4,16H2,1-3H3/t22-/m1/s1. The molecule has 0 aliphatic rings. The monoisotopic (exact) mass is 415 g/mol. The highest BCUT2D eigenvalue weighted by molar-refractivity contribution is 5.84. The summed E-state index contributed by atoms with van der Waals surface area (Å²) in [7, 11) is 1.71. The quantitative estimate of drug-likeness (QED) is 0.424. The maximum atomic E-state index is 13.0. The van der Waals surface area contributed by atoms with Crippen LogP contribution in [0.2, 0.25) is 0 Å². The van der Waals surface area contributed by atoms with Crippen LogP contribution in [0.25, 0.3) is 22.2 Å². The van der Waals surface area contributed by atoms with Crippen molar-refractivity contribution in [3.63, 3.8) is 0 Å². The highest BCUT2D eigenvalue weighted by atomic mass is 16.5. The summed E-state index contributed by atoms with van der Waals surface area (Å²) in [5.74, 6) is 1.43. The minimum Gasteiger partial charge on any atom is -0.481 e. The molecule has 0 saturated heterocycles. The topological polar surface area (TPSA) is 68.5 Å². The number of carbonyl (C=O) groups excluding carboxylic acids is 1. The van der Waals surface area contributed by atoms with Crippen molar-refractivity contribution < 1.29 is 14.1 Å². The zero-order valence-corrected chi connectivity index (χ0v) is 17.9. The van der Waals surface area contributed by atoms with Crippen LogP contribution in [0.3, 0.4) is 0 Å². The molecule has 1 amide bonds. The zero-order chi connectivity index (χ0) is 21.8. The molecule has 0 bridgehead atoms. The normalized spacial score (nSPS) is 12.0. The van der Waals surface area contributed by atoms with E-state index in [-0.39, 0.29) is 12.5 Å². The number of likely N-dealkylation sites (N-methyl/N-ethyl adjacent to an activating group) is 1. The number of aryl methyl sites for hydroxylation is 1. The summed E-state index contributed by atoms with van der Waals surface area (Å²) < 4.78 is 11.4. The van der Waals surface area contributed by atoms with E-state index in [0.717, 1.165) is 21.9 Å². The number of hydrogen-bond acceptors (Lipinski definition) is 5. The lowest BCUT2D eigenvalue weighted by atomic mass is 10.1. The van der Waals surface area contributed by atoms with Gasteiger partial charge in [-0.2, -0.15) is 4.98 Å². The van der Waals surface area contributed by atoms with Gasteiger partial charge in [-0.1, -0.05) is 72.2 Å². The van der Waals surface area contributed by atoms with E-state index in [1.54, 1.807) is 11.9 Å². The van der Waals surface area contributed by atoms with Crippen molar-refractivity contribution >= 4 is 16.7 Å². The number of rotatable bonds is 7. The average Bonchev–Trinajstić information content (AvgIpc) is 3.25. The maximum absolute atomic E-state index is 13.0. The Bertz CT molecular complexity index is 1180. The van der Waals surface area contributed by atoms with Crippen molar-refractivity contribution in [2.24, 2.45) is 0 Å². The first kappa shape index (κ1) is 20.6. The van der Waals surface area contributed by atoms with Gasteiger partial charge in [-0.3, -0.25) is 4.79 Å². The lowest BCUT2D eigenvalue weighted by Crippen LogP contribution is -2.39. The van der Waals surface area contributed by atoms with E-state index in [2.05, 4.69) is 10.1 Å². The predicted molar refractivity (Wildman–Crippen MR) is 120 cm³/mol. The molecule has 6 heteroatoms. The molecule has 3 aromatic carbocycles. The number of benzene rings is 3. The van der Waals surface area contributed by atoms with Gasteiger partial charge in [-0.15, -0.1) is 0 Å². The van der Waals surface area contributed by atoms with E-state index in [1.807, 2.05) is 80.6 Å². The van der Waals surface area contributed by atoms with Crippen LogP contribution in [0.4, 0.5) is 0 Å². The van der Waals surface area contributed by atoms with Crippen LogP contribution in [-0.2, 0) is 11.3 Å². The number of carbonyl (C=O) groups is 1. The molecule has 1 atom stereocenters. The first-order valence-electron chi connectivity index (χ1n) is 10.3. The second-order valence-corrected chi connectivity index (χ2v) is 7.60. The van der Waals surface area contributed by atoms with Gasteiger partial charge in [0.1, 0.15) is 5.75 Å². The van der Waals surface area contributed by atoms with Crippen molar-refractivity contribution in [3.05, 3.63) is 78.2 Å². The van der Waals surface area contributed by atoms with E-state index >= 15 is 0 Å². The molecule has 158 valence electrons. The first-order chi connectivity index (χ1) is 15.0. The lowest BCUT2D eigenvalue weighted by Gasteiger charge is -2.22. The predicted octanol–water partition coefficient (Wildman–Crippen LogP) is 5.01. The SMILES string of the molecule is CC[C@@H](Oc1ccc2ccccc2c1)C(=O)N(C)Cc1nc(-c2ccc(C)cc2)no1. The molecule has 0 unspecified atom stereocenters. The molecule has 0 fully saturated rings. The van der Waals surface area contributed by atoms with Crippen LogP contribution in [0.1, 0.15) is 24.8 Å². The van der Waals surface area contributed by atoms with Crippen molar-refractivity contribution in [2.75, 3.05) is 7.05 Å². The van der Waals surface area contributed by atoms with Crippen molar-refractivity contribution in [1.29, 1.82) is 0 Å². The number of hydrogen-bond donors (Lipinski definition) is 0. The molecule has 0 aliphatic carbocycles. The molecule has 6 nitrogen and oxygen atoms in total.